The third-order valence-electron chi connectivity index (χ3n) is 4.06. The molecule has 1 aromatic heterocycles. The number of benzene rings is 2. The maximum absolute atomic E-state index is 4.92. The van der Waals surface area contributed by atoms with Crippen LogP contribution in [0.3, 0.4) is 0 Å². The lowest BCUT2D eigenvalue weighted by molar-refractivity contribution is 1.05. The summed E-state index contributed by atoms with van der Waals surface area (Å²) in [7, 11) is 0. The predicted octanol–water partition coefficient (Wildman–Crippen LogP) is 5.28. The molecule has 0 bridgehead atoms. The molecule has 0 saturated carbocycles. The van der Waals surface area contributed by atoms with Crippen molar-refractivity contribution in [3.63, 3.8) is 0 Å². The summed E-state index contributed by atoms with van der Waals surface area (Å²) in [4.78, 5) is 4.92. The number of hydrogen-bond donors (Lipinski definition) is 0. The van der Waals surface area contributed by atoms with E-state index in [1.165, 1.54) is 5.56 Å². The van der Waals surface area contributed by atoms with Gasteiger partial charge >= 0.3 is 0 Å². The first-order valence-electron chi connectivity index (χ1n) is 7.91. The minimum absolute atomic E-state index is 0.949. The Morgan fingerprint density at radius 2 is 1.74 bits per heavy atom. The highest BCUT2D eigenvalue weighted by molar-refractivity contribution is 5.71. The Kier molecular flexibility index (Phi) is 3.43. The smallest absolute Gasteiger partial charge is 0.145 e. The van der Waals surface area contributed by atoms with E-state index in [1.54, 1.807) is 0 Å². The van der Waals surface area contributed by atoms with Crippen LogP contribution in [0.25, 0.3) is 29.2 Å². The first kappa shape index (κ1) is 13.8. The van der Waals surface area contributed by atoms with Crippen LogP contribution in [0.5, 0.6) is 0 Å². The molecule has 0 radical (unpaired) electrons. The zero-order chi connectivity index (χ0) is 15.6. The highest BCUT2D eigenvalue weighted by Gasteiger charge is 2.17. The van der Waals surface area contributed by atoms with Gasteiger partial charge in [0.05, 0.1) is 11.4 Å². The van der Waals surface area contributed by atoms with Crippen molar-refractivity contribution in [3.8, 4) is 17.1 Å². The number of imidazole rings is 1. The summed E-state index contributed by atoms with van der Waals surface area (Å²) in [6.07, 6.45) is 9.59. The molecule has 1 aliphatic rings. The largest absolute Gasteiger partial charge is 0.292 e. The summed E-state index contributed by atoms with van der Waals surface area (Å²) >= 11 is 0. The van der Waals surface area contributed by atoms with E-state index in [-0.39, 0.29) is 0 Å². The average Bonchev–Trinajstić information content (AvgIpc) is 2.79. The Morgan fingerprint density at radius 1 is 0.913 bits per heavy atom. The van der Waals surface area contributed by atoms with Gasteiger partial charge in [-0.05, 0) is 43.7 Å². The summed E-state index contributed by atoms with van der Waals surface area (Å²) in [6, 6.07) is 19.0. The summed E-state index contributed by atoms with van der Waals surface area (Å²) in [5, 5.41) is 0. The molecule has 0 fully saturated rings. The number of allylic oxidation sites excluding steroid dienone is 2. The van der Waals surface area contributed by atoms with Crippen LogP contribution in [0.15, 0.2) is 66.7 Å². The van der Waals surface area contributed by atoms with Crippen molar-refractivity contribution in [2.75, 3.05) is 0 Å². The maximum atomic E-state index is 4.92. The molecule has 2 aromatic carbocycles. The fourth-order valence-electron chi connectivity index (χ4n) is 2.99. The number of rotatable bonds is 2. The van der Waals surface area contributed by atoms with Crippen LogP contribution < -0.4 is 0 Å². The normalized spacial score (nSPS) is 12.9. The van der Waals surface area contributed by atoms with E-state index in [0.717, 1.165) is 34.9 Å². The van der Waals surface area contributed by atoms with Crippen molar-refractivity contribution >= 4 is 12.2 Å². The second-order valence-electron chi connectivity index (χ2n) is 5.79. The SMILES string of the molecule is Cc1cccc(-c2nc3c(n2-c2ccccc2)C=CCC=C3)c1. The van der Waals surface area contributed by atoms with E-state index < -0.39 is 0 Å². The molecule has 1 aliphatic carbocycles. The van der Waals surface area contributed by atoms with Crippen LogP contribution in [-0.4, -0.2) is 9.55 Å². The van der Waals surface area contributed by atoms with Gasteiger partial charge in [0, 0.05) is 11.3 Å². The van der Waals surface area contributed by atoms with Crippen molar-refractivity contribution in [2.24, 2.45) is 0 Å². The third-order valence-corrected chi connectivity index (χ3v) is 4.06. The average molecular weight is 298 g/mol. The first-order valence-corrected chi connectivity index (χ1v) is 7.91. The molecule has 1 heterocycles. The van der Waals surface area contributed by atoms with E-state index in [1.807, 2.05) is 6.07 Å². The van der Waals surface area contributed by atoms with Crippen molar-refractivity contribution in [3.05, 3.63) is 83.7 Å². The fourth-order valence-corrected chi connectivity index (χ4v) is 2.99. The fraction of sp³-hybridized carbons (Fsp3) is 0.0952. The number of fused-ring (bicyclic) bond motifs is 1. The Morgan fingerprint density at radius 3 is 2.57 bits per heavy atom. The summed E-state index contributed by atoms with van der Waals surface area (Å²) in [5.74, 6) is 0.987. The maximum Gasteiger partial charge on any atom is 0.145 e. The Labute approximate surface area is 136 Å². The van der Waals surface area contributed by atoms with Gasteiger partial charge in [0.1, 0.15) is 5.82 Å². The van der Waals surface area contributed by atoms with Gasteiger partial charge < -0.3 is 0 Å². The van der Waals surface area contributed by atoms with Gasteiger partial charge in [-0.3, -0.25) is 4.57 Å². The highest BCUT2D eigenvalue weighted by Crippen LogP contribution is 2.29. The molecule has 112 valence electrons. The van der Waals surface area contributed by atoms with Crippen molar-refractivity contribution in [1.29, 1.82) is 0 Å². The summed E-state index contributed by atoms with van der Waals surface area (Å²) in [5.41, 5.74) is 5.69. The molecular formula is C21H18N2. The van der Waals surface area contributed by atoms with Gasteiger partial charge in [0.25, 0.3) is 0 Å². The molecule has 0 saturated heterocycles. The van der Waals surface area contributed by atoms with E-state index in [9.17, 15) is 0 Å². The number of aromatic nitrogens is 2. The Hall–Kier alpha value is -2.87. The lowest BCUT2D eigenvalue weighted by atomic mass is 10.1. The summed E-state index contributed by atoms with van der Waals surface area (Å²) < 4.78 is 2.25. The van der Waals surface area contributed by atoms with E-state index in [4.69, 9.17) is 4.98 Å². The standard InChI is InChI=1S/C21H18N2/c1-16-9-8-10-17(15-16)21-22-19-13-6-3-7-14-20(19)23(21)18-11-4-2-5-12-18/h2,4-15H,3H2,1H3. The van der Waals surface area contributed by atoms with Crippen molar-refractivity contribution in [2.45, 2.75) is 13.3 Å². The molecule has 0 unspecified atom stereocenters. The molecule has 3 aromatic rings. The monoisotopic (exact) mass is 298 g/mol. The third kappa shape index (κ3) is 2.53. The van der Waals surface area contributed by atoms with E-state index in [2.05, 4.69) is 84.3 Å². The topological polar surface area (TPSA) is 17.8 Å². The predicted molar refractivity (Wildman–Crippen MR) is 96.4 cm³/mol. The lowest BCUT2D eigenvalue weighted by Crippen LogP contribution is -1.99. The van der Waals surface area contributed by atoms with Gasteiger partial charge in [-0.1, -0.05) is 54.1 Å². The van der Waals surface area contributed by atoms with Gasteiger partial charge in [0.2, 0.25) is 0 Å². The molecular weight excluding hydrogens is 280 g/mol. The zero-order valence-electron chi connectivity index (χ0n) is 13.1. The second-order valence-corrected chi connectivity index (χ2v) is 5.79. The zero-order valence-corrected chi connectivity index (χ0v) is 13.1. The Bertz CT molecular complexity index is 899. The van der Waals surface area contributed by atoms with Gasteiger partial charge in [-0.25, -0.2) is 4.98 Å². The summed E-state index contributed by atoms with van der Waals surface area (Å²) in [6.45, 7) is 2.12. The van der Waals surface area contributed by atoms with Crippen LogP contribution >= 0.6 is 0 Å². The first-order chi connectivity index (χ1) is 11.3. The quantitative estimate of drug-likeness (QED) is 0.629. The van der Waals surface area contributed by atoms with Gasteiger partial charge in [-0.15, -0.1) is 0 Å². The minimum atomic E-state index is 0.949. The van der Waals surface area contributed by atoms with Crippen molar-refractivity contribution < 1.29 is 0 Å². The van der Waals surface area contributed by atoms with Crippen LogP contribution in [0.1, 0.15) is 23.4 Å². The highest BCUT2D eigenvalue weighted by atomic mass is 15.1. The van der Waals surface area contributed by atoms with Crippen LogP contribution in [0.2, 0.25) is 0 Å². The van der Waals surface area contributed by atoms with Crippen LogP contribution in [0, 0.1) is 6.92 Å². The molecule has 23 heavy (non-hydrogen) atoms. The molecule has 4 rings (SSSR count). The van der Waals surface area contributed by atoms with Gasteiger partial charge in [0.15, 0.2) is 0 Å². The number of nitrogens with zero attached hydrogens (tertiary/aromatic N) is 2. The molecule has 0 amide bonds. The van der Waals surface area contributed by atoms with E-state index >= 15 is 0 Å². The molecule has 2 heteroatoms. The number of para-hydroxylation sites is 1. The number of hydrogen-bond acceptors (Lipinski definition) is 1. The second kappa shape index (κ2) is 5.73. The van der Waals surface area contributed by atoms with Crippen LogP contribution in [-0.2, 0) is 0 Å². The minimum Gasteiger partial charge on any atom is -0.292 e. The van der Waals surface area contributed by atoms with Gasteiger partial charge in [-0.2, -0.15) is 0 Å². The molecule has 0 aliphatic heterocycles. The molecule has 2 nitrogen and oxygen atoms in total. The molecule has 0 spiro atoms. The number of aryl methyl sites for hydroxylation is 1. The Balaban J connectivity index is 2.01. The van der Waals surface area contributed by atoms with E-state index in [0.29, 0.717) is 0 Å². The van der Waals surface area contributed by atoms with Crippen LogP contribution in [0.4, 0.5) is 0 Å². The molecule has 0 N–H and O–H groups in total. The lowest BCUT2D eigenvalue weighted by Gasteiger charge is -2.11. The van der Waals surface area contributed by atoms with Crippen molar-refractivity contribution in [1.82, 2.24) is 9.55 Å². The molecule has 0 atom stereocenters.